The molecule has 1 rings (SSSR count). The van der Waals surface area contributed by atoms with Crippen molar-refractivity contribution in [3.05, 3.63) is 0 Å². The Bertz CT molecular complexity index is 1940. The smallest absolute Gasteiger partial charge is 0.664 e. The summed E-state index contributed by atoms with van der Waals surface area (Å²) in [7, 11) is -24.6. The molecule has 7 atom stereocenters. The normalized spacial score (nSPS) is 20.1. The minimum atomic E-state index is -4.37. The molecule has 1 aliphatic heterocycles. The standard InChI is InChI=1S/C65H152N2O20Si9.2ClH/c1-22-30-32-34-36-38-40-42-44-46-48-50-52-54-58-64(9)66(11,12)60-56-62-93(69,73-24-3)86-95(75-26-5,76-27-6)84-89(18,71-15)79-88(17,68)80-91(20)82-92(21,83-91)81-90(19,72-16)85-96(77-28-7,78-29-8)87-94(70,74-25-4)63-57-61-67(13,14)65(10)59-55-53-51-49-47-45-43-41-39-37-35-33-31-23-2;;/h64-65,68-70H,22-63H2,1-21H3;2*1H/q+2;;/p-2. The highest BCUT2D eigenvalue weighted by Gasteiger charge is 2.70. The summed E-state index contributed by atoms with van der Waals surface area (Å²) >= 11 is 0. The molecular weight excluding hydrogens is 1450 g/mol. The van der Waals surface area contributed by atoms with Gasteiger partial charge in [0.25, 0.3) is 0 Å². The number of hydrogen-bond donors (Lipinski definition) is 3. The lowest BCUT2D eigenvalue weighted by Gasteiger charge is -2.51. The zero-order valence-electron chi connectivity index (χ0n) is 66.3. The van der Waals surface area contributed by atoms with Crippen LogP contribution in [0.4, 0.5) is 0 Å². The van der Waals surface area contributed by atoms with E-state index in [0.29, 0.717) is 24.9 Å². The fraction of sp³-hybridized carbons (Fsp3) is 1.00. The van der Waals surface area contributed by atoms with E-state index in [1.807, 2.05) is 13.8 Å². The average molecular weight is 1610 g/mol. The highest BCUT2D eigenvalue weighted by molar-refractivity contribution is 6.94. The van der Waals surface area contributed by atoms with E-state index < -0.39 is 79.7 Å². The van der Waals surface area contributed by atoms with Crippen LogP contribution in [0.5, 0.6) is 0 Å². The van der Waals surface area contributed by atoms with Gasteiger partial charge >= 0.3 is 79.7 Å². The summed E-state index contributed by atoms with van der Waals surface area (Å²) in [5, 5.41) is 0. The Morgan fingerprint density at radius 3 is 0.898 bits per heavy atom. The molecule has 0 amide bonds. The van der Waals surface area contributed by atoms with Crippen molar-refractivity contribution in [1.82, 2.24) is 0 Å². The Hall–Kier alpha value is 1.65. The Labute approximate surface area is 623 Å². The molecule has 592 valence electrons. The molecule has 0 aromatic heterocycles. The minimum Gasteiger partial charge on any atom is -1.00 e. The molecule has 98 heavy (non-hydrogen) atoms. The van der Waals surface area contributed by atoms with Gasteiger partial charge in [-0.25, -0.2) is 0 Å². The average Bonchev–Trinajstić information content (AvgIpc) is 0.743. The highest BCUT2D eigenvalue weighted by Crippen LogP contribution is 2.39. The molecular formula is C65H152Cl2N2O20Si9. The first-order chi connectivity index (χ1) is 45.2. The SMILES string of the molecule is CCCCCCCCCCCCCCCCC(C)[N+](C)(C)CCC[Si](O)(OCC)O[Si](OCC)(OCC)O[Si](C)(OC)O[Si](C)(O)O[Si]1(C)O[Si](C)(O[Si](C)(OC)O[Si](OCC)(OCC)O[Si](O)(CCC[N+](C)(C)C(C)CCCCCCCCCCCCCCCC)OCC)O1.[Cl-].[Cl-]. The van der Waals surface area contributed by atoms with Gasteiger partial charge < -0.3 is 121 Å². The van der Waals surface area contributed by atoms with Crippen LogP contribution in [0.3, 0.4) is 0 Å². The molecule has 0 aliphatic carbocycles. The number of rotatable bonds is 68. The summed E-state index contributed by atoms with van der Waals surface area (Å²) in [6.45, 7) is 30.3. The van der Waals surface area contributed by atoms with Gasteiger partial charge in [-0.05, 0) is 81.1 Å². The van der Waals surface area contributed by atoms with E-state index in [1.54, 1.807) is 53.9 Å². The molecule has 0 aromatic carbocycles. The monoisotopic (exact) mass is 1600 g/mol. The Morgan fingerprint density at radius 1 is 0.357 bits per heavy atom. The summed E-state index contributed by atoms with van der Waals surface area (Å²) in [5.41, 5.74) is 0. The number of nitrogens with zero attached hydrogens (tertiary/aromatic N) is 2. The van der Waals surface area contributed by atoms with E-state index in [2.05, 4.69) is 55.9 Å². The molecule has 1 aliphatic rings. The van der Waals surface area contributed by atoms with Crippen LogP contribution in [0.25, 0.3) is 0 Å². The van der Waals surface area contributed by atoms with Crippen LogP contribution in [0.1, 0.15) is 275 Å². The largest absolute Gasteiger partial charge is 1.00 e. The molecule has 22 nitrogen and oxygen atoms in total. The fourth-order valence-corrected chi connectivity index (χ4v) is 46.3. The van der Waals surface area contributed by atoms with Crippen molar-refractivity contribution < 1.29 is 121 Å². The van der Waals surface area contributed by atoms with Gasteiger partial charge in [0.2, 0.25) is 0 Å². The summed E-state index contributed by atoms with van der Waals surface area (Å²) in [6.07, 6.45) is 41.1. The van der Waals surface area contributed by atoms with Crippen LogP contribution in [0.15, 0.2) is 0 Å². The molecule has 0 radical (unpaired) electrons. The van der Waals surface area contributed by atoms with Crippen LogP contribution in [0, 0.1) is 0 Å². The first-order valence-electron chi connectivity index (χ1n) is 38.3. The minimum absolute atomic E-state index is 0. The maximum atomic E-state index is 12.3. The number of unbranched alkanes of at least 4 members (excludes halogenated alkanes) is 26. The van der Waals surface area contributed by atoms with Gasteiger partial charge in [0.1, 0.15) is 0 Å². The topological polar surface area (TPSA) is 218 Å². The summed E-state index contributed by atoms with van der Waals surface area (Å²) < 4.78 is 110. The van der Waals surface area contributed by atoms with Crippen molar-refractivity contribution in [3.8, 4) is 0 Å². The van der Waals surface area contributed by atoms with Gasteiger partial charge in [-0.2, -0.15) is 0 Å². The third-order valence-electron chi connectivity index (χ3n) is 18.6. The maximum absolute atomic E-state index is 12.3. The van der Waals surface area contributed by atoms with Crippen molar-refractivity contribution in [2.45, 2.75) is 332 Å². The zero-order valence-corrected chi connectivity index (χ0v) is 76.8. The Kier molecular flexibility index (Phi) is 55.5. The maximum Gasteiger partial charge on any atom is 0.664 e. The van der Waals surface area contributed by atoms with Gasteiger partial charge in [0.05, 0.1) is 53.4 Å². The van der Waals surface area contributed by atoms with Gasteiger partial charge in [0.15, 0.2) is 0 Å². The third kappa shape index (κ3) is 43.0. The van der Waals surface area contributed by atoms with Crippen LogP contribution < -0.4 is 24.8 Å². The molecule has 0 spiro atoms. The second kappa shape index (κ2) is 53.5. The lowest BCUT2D eigenvalue weighted by Crippen LogP contribution is -3.00. The van der Waals surface area contributed by atoms with Crippen molar-refractivity contribution >= 4 is 79.7 Å². The van der Waals surface area contributed by atoms with Crippen molar-refractivity contribution in [2.75, 3.05) is 95.1 Å². The number of hydrogen-bond acceptors (Lipinski definition) is 20. The first kappa shape index (κ1) is 102. The zero-order chi connectivity index (χ0) is 72.4. The predicted octanol–water partition coefficient (Wildman–Crippen LogP) is 9.69. The molecule has 0 bridgehead atoms. The van der Waals surface area contributed by atoms with Crippen LogP contribution in [-0.4, -0.2) is 210 Å². The van der Waals surface area contributed by atoms with Crippen LogP contribution >= 0.6 is 0 Å². The van der Waals surface area contributed by atoms with E-state index in [4.69, 9.17) is 72.4 Å². The van der Waals surface area contributed by atoms with E-state index in [9.17, 15) is 14.4 Å². The lowest BCUT2D eigenvalue weighted by molar-refractivity contribution is -0.913. The van der Waals surface area contributed by atoms with Crippen LogP contribution in [-0.2, 0) is 72.4 Å². The lowest BCUT2D eigenvalue weighted by atomic mass is 10.0. The first-order valence-corrected chi connectivity index (χ1v) is 56.7. The van der Waals surface area contributed by atoms with Gasteiger partial charge in [-0.1, -0.05) is 181 Å². The molecule has 33 heteroatoms. The van der Waals surface area contributed by atoms with Crippen molar-refractivity contribution in [1.29, 1.82) is 0 Å². The van der Waals surface area contributed by atoms with Gasteiger partial charge in [-0.15, -0.1) is 0 Å². The quantitative estimate of drug-likeness (QED) is 0.0293. The van der Waals surface area contributed by atoms with E-state index in [-0.39, 0.29) is 76.5 Å². The third-order valence-corrected chi connectivity index (χ3v) is 50.5. The summed E-state index contributed by atoms with van der Waals surface area (Å²) in [5.74, 6) is 0. The molecule has 0 aromatic rings. The number of quaternary nitrogens is 2. The van der Waals surface area contributed by atoms with E-state index in [1.165, 1.54) is 201 Å². The molecule has 3 N–H and O–H groups in total. The van der Waals surface area contributed by atoms with Crippen LogP contribution in [0.2, 0.25) is 44.8 Å². The predicted molar refractivity (Wildman–Crippen MR) is 403 cm³/mol. The summed E-state index contributed by atoms with van der Waals surface area (Å²) in [6, 6.07) is 1.34. The van der Waals surface area contributed by atoms with Gasteiger partial charge in [-0.3, -0.25) is 0 Å². The van der Waals surface area contributed by atoms with E-state index >= 15 is 0 Å². The Morgan fingerprint density at radius 2 is 0.622 bits per heavy atom. The molecule has 1 saturated heterocycles. The highest BCUT2D eigenvalue weighted by atomic mass is 35.5. The fourth-order valence-electron chi connectivity index (χ4n) is 12.5. The van der Waals surface area contributed by atoms with Gasteiger partial charge in [0, 0.05) is 112 Å². The van der Waals surface area contributed by atoms with Crippen molar-refractivity contribution in [2.24, 2.45) is 0 Å². The number of halogens is 2. The second-order valence-corrected chi connectivity index (χ2v) is 52.8. The molecule has 0 saturated carbocycles. The summed E-state index contributed by atoms with van der Waals surface area (Å²) in [4.78, 5) is 36.7. The van der Waals surface area contributed by atoms with Crippen molar-refractivity contribution in [3.63, 3.8) is 0 Å². The molecule has 1 heterocycles. The second-order valence-electron chi connectivity index (χ2n) is 28.4. The van der Waals surface area contributed by atoms with E-state index in [0.717, 1.165) is 34.9 Å². The Balaban J connectivity index is 0. The molecule has 1 fully saturated rings. The molecule has 7 unspecified atom stereocenters.